The first kappa shape index (κ1) is 22.1. The van der Waals surface area contributed by atoms with Crippen LogP contribution in [0.25, 0.3) is 0 Å². The summed E-state index contributed by atoms with van der Waals surface area (Å²) in [5, 5.41) is 2.73. The molecule has 1 spiro atoms. The standard InChI is InChI=1S/C24H19F2N3O4S/c25-14-2-3-21(20(26)10-14)34(32,33)29-16-11-18(23(31)28-15-4-8-27-9-5-15)17-13-22(30)24(6-1-7-24)19(17)12-16/h2-5,8-12,29H,1,6-7,13H2,(H,27,28,31). The quantitative estimate of drug-likeness (QED) is 0.572. The van der Waals surface area contributed by atoms with Gasteiger partial charge in [-0.15, -0.1) is 0 Å². The maximum atomic E-state index is 14.2. The molecule has 0 radical (unpaired) electrons. The summed E-state index contributed by atoms with van der Waals surface area (Å²) in [7, 11) is -4.44. The van der Waals surface area contributed by atoms with E-state index >= 15 is 0 Å². The van der Waals surface area contributed by atoms with Crippen LogP contribution in [0, 0.1) is 11.6 Å². The topological polar surface area (TPSA) is 105 Å². The van der Waals surface area contributed by atoms with Gasteiger partial charge in [0.25, 0.3) is 15.9 Å². The Bertz CT molecular complexity index is 1440. The number of benzene rings is 2. The molecule has 1 heterocycles. The molecule has 0 bridgehead atoms. The molecule has 34 heavy (non-hydrogen) atoms. The number of nitrogens with zero attached hydrogens (tertiary/aromatic N) is 1. The van der Waals surface area contributed by atoms with E-state index in [1.165, 1.54) is 18.5 Å². The second kappa shape index (κ2) is 7.98. The van der Waals surface area contributed by atoms with Crippen LogP contribution in [-0.4, -0.2) is 25.1 Å². The van der Waals surface area contributed by atoms with E-state index < -0.39 is 37.9 Å². The number of carbonyl (C=O) groups excluding carboxylic acids is 2. The summed E-state index contributed by atoms with van der Waals surface area (Å²) >= 11 is 0. The van der Waals surface area contributed by atoms with Crippen molar-refractivity contribution in [1.29, 1.82) is 0 Å². The number of carbonyl (C=O) groups is 2. The highest BCUT2D eigenvalue weighted by atomic mass is 32.2. The van der Waals surface area contributed by atoms with Crippen LogP contribution in [0.15, 0.2) is 59.8 Å². The van der Waals surface area contributed by atoms with Crippen LogP contribution >= 0.6 is 0 Å². The van der Waals surface area contributed by atoms with E-state index in [-0.39, 0.29) is 23.5 Å². The summed E-state index contributed by atoms with van der Waals surface area (Å²) in [6.07, 6.45) is 5.18. The van der Waals surface area contributed by atoms with Crippen molar-refractivity contribution in [2.45, 2.75) is 36.0 Å². The number of aromatic nitrogens is 1. The van der Waals surface area contributed by atoms with E-state index in [0.717, 1.165) is 18.6 Å². The van der Waals surface area contributed by atoms with E-state index in [0.29, 0.717) is 35.7 Å². The van der Waals surface area contributed by atoms with E-state index in [1.807, 2.05) is 0 Å². The van der Waals surface area contributed by atoms with Crippen molar-refractivity contribution in [3.05, 3.63) is 83.2 Å². The first-order valence-corrected chi connectivity index (χ1v) is 12.1. The fraction of sp³-hybridized carbons (Fsp3) is 0.208. The van der Waals surface area contributed by atoms with Gasteiger partial charge >= 0.3 is 0 Å². The lowest BCUT2D eigenvalue weighted by Gasteiger charge is -2.37. The Morgan fingerprint density at radius 3 is 2.38 bits per heavy atom. The van der Waals surface area contributed by atoms with Crippen LogP contribution < -0.4 is 10.0 Å². The number of fused-ring (bicyclic) bond motifs is 2. The van der Waals surface area contributed by atoms with E-state index in [1.54, 1.807) is 18.2 Å². The summed E-state index contributed by atoms with van der Waals surface area (Å²) in [5.41, 5.74) is 1.10. The van der Waals surface area contributed by atoms with Gasteiger partial charge in [-0.1, -0.05) is 6.42 Å². The summed E-state index contributed by atoms with van der Waals surface area (Å²) in [6, 6.07) is 8.22. The molecule has 0 atom stereocenters. The average Bonchev–Trinajstić information content (AvgIpc) is 3.05. The maximum Gasteiger partial charge on any atom is 0.264 e. The van der Waals surface area contributed by atoms with Crippen molar-refractivity contribution in [2.24, 2.45) is 0 Å². The van der Waals surface area contributed by atoms with Gasteiger partial charge in [0.15, 0.2) is 0 Å². The van der Waals surface area contributed by atoms with E-state index in [2.05, 4.69) is 15.0 Å². The zero-order valence-electron chi connectivity index (χ0n) is 17.8. The summed E-state index contributed by atoms with van der Waals surface area (Å²) < 4.78 is 55.5. The van der Waals surface area contributed by atoms with Gasteiger partial charge in [-0.05, 0) is 60.4 Å². The van der Waals surface area contributed by atoms with Crippen molar-refractivity contribution in [2.75, 3.05) is 10.0 Å². The SMILES string of the molecule is O=C(Nc1ccncc1)c1cc(NS(=O)(=O)c2ccc(F)cc2F)cc2c1CC(=O)C21CCC1. The largest absolute Gasteiger partial charge is 0.322 e. The molecule has 2 N–H and O–H groups in total. The molecular weight excluding hydrogens is 464 g/mol. The number of nitrogens with one attached hydrogen (secondary N) is 2. The van der Waals surface area contributed by atoms with Gasteiger partial charge in [-0.25, -0.2) is 17.2 Å². The average molecular weight is 483 g/mol. The Kier molecular flexibility index (Phi) is 5.20. The maximum absolute atomic E-state index is 14.2. The number of ketones is 1. The number of halogens is 2. The highest BCUT2D eigenvalue weighted by Crippen LogP contribution is 2.52. The van der Waals surface area contributed by atoms with Gasteiger partial charge in [-0.2, -0.15) is 0 Å². The highest BCUT2D eigenvalue weighted by Gasteiger charge is 2.51. The fourth-order valence-corrected chi connectivity index (χ4v) is 5.75. The Hall–Kier alpha value is -3.66. The molecule has 2 aromatic carbocycles. The molecule has 10 heteroatoms. The summed E-state index contributed by atoms with van der Waals surface area (Å²) in [5.74, 6) is -2.67. The smallest absolute Gasteiger partial charge is 0.264 e. The van der Waals surface area contributed by atoms with Crippen LogP contribution in [0.2, 0.25) is 0 Å². The molecule has 0 aliphatic heterocycles. The third-order valence-corrected chi connectivity index (χ3v) is 7.88. The van der Waals surface area contributed by atoms with Crippen LogP contribution in [0.1, 0.15) is 40.7 Å². The molecule has 5 rings (SSSR count). The number of Topliss-reactive ketones (excluding diaryl/α,β-unsaturated/α-hetero) is 1. The summed E-state index contributed by atoms with van der Waals surface area (Å²) in [4.78, 5) is 29.2. The van der Waals surface area contributed by atoms with Crippen LogP contribution in [-0.2, 0) is 26.7 Å². The van der Waals surface area contributed by atoms with Gasteiger partial charge in [0.05, 0.1) is 5.41 Å². The molecule has 174 valence electrons. The number of hydrogen-bond acceptors (Lipinski definition) is 5. The van der Waals surface area contributed by atoms with Crippen LogP contribution in [0.5, 0.6) is 0 Å². The van der Waals surface area contributed by atoms with Crippen molar-refractivity contribution in [3.8, 4) is 0 Å². The number of sulfonamides is 1. The third kappa shape index (κ3) is 3.63. The lowest BCUT2D eigenvalue weighted by atomic mass is 9.64. The Labute approximate surface area is 194 Å². The van der Waals surface area contributed by atoms with E-state index in [9.17, 15) is 26.8 Å². The number of anilines is 2. The zero-order valence-corrected chi connectivity index (χ0v) is 18.6. The first-order valence-electron chi connectivity index (χ1n) is 10.6. The van der Waals surface area contributed by atoms with Crippen LogP contribution in [0.3, 0.4) is 0 Å². The Morgan fingerprint density at radius 1 is 1.00 bits per heavy atom. The number of amides is 1. The highest BCUT2D eigenvalue weighted by molar-refractivity contribution is 7.92. The number of pyridine rings is 1. The molecule has 1 saturated carbocycles. The normalized spacial score (nSPS) is 16.1. The molecule has 1 amide bonds. The third-order valence-electron chi connectivity index (χ3n) is 6.46. The lowest BCUT2D eigenvalue weighted by Crippen LogP contribution is -2.39. The molecule has 1 aromatic heterocycles. The molecule has 1 fully saturated rings. The first-order chi connectivity index (χ1) is 16.2. The van der Waals surface area contributed by atoms with Crippen molar-refractivity contribution in [3.63, 3.8) is 0 Å². The predicted molar refractivity (Wildman–Crippen MR) is 120 cm³/mol. The second-order valence-electron chi connectivity index (χ2n) is 8.46. The minimum absolute atomic E-state index is 0.00343. The zero-order chi connectivity index (χ0) is 24.1. The fourth-order valence-electron chi connectivity index (χ4n) is 4.65. The Balaban J connectivity index is 1.58. The minimum Gasteiger partial charge on any atom is -0.322 e. The predicted octanol–water partition coefficient (Wildman–Crippen LogP) is 3.96. The van der Waals surface area contributed by atoms with Gasteiger partial charge in [0.2, 0.25) is 0 Å². The monoisotopic (exact) mass is 483 g/mol. The summed E-state index contributed by atoms with van der Waals surface area (Å²) in [6.45, 7) is 0. The van der Waals surface area contributed by atoms with E-state index in [4.69, 9.17) is 0 Å². The molecular formula is C24H19F2N3O4S. The molecule has 0 unspecified atom stereocenters. The lowest BCUT2D eigenvalue weighted by molar-refractivity contribution is -0.125. The molecule has 0 saturated heterocycles. The molecule has 3 aromatic rings. The van der Waals surface area contributed by atoms with Crippen molar-refractivity contribution < 1.29 is 26.8 Å². The van der Waals surface area contributed by atoms with Gasteiger partial charge in [0.1, 0.15) is 22.3 Å². The molecule has 2 aliphatic carbocycles. The minimum atomic E-state index is -4.44. The van der Waals surface area contributed by atoms with Crippen molar-refractivity contribution >= 4 is 33.1 Å². The molecule has 2 aliphatic rings. The van der Waals surface area contributed by atoms with Crippen LogP contribution in [0.4, 0.5) is 20.2 Å². The van der Waals surface area contributed by atoms with Gasteiger partial charge < -0.3 is 5.32 Å². The van der Waals surface area contributed by atoms with Gasteiger partial charge in [-0.3, -0.25) is 19.3 Å². The number of rotatable bonds is 5. The number of hydrogen-bond donors (Lipinski definition) is 2. The molecule has 7 nitrogen and oxygen atoms in total. The Morgan fingerprint density at radius 2 is 1.74 bits per heavy atom. The van der Waals surface area contributed by atoms with Crippen molar-refractivity contribution in [1.82, 2.24) is 4.98 Å². The van der Waals surface area contributed by atoms with Gasteiger partial charge in [0, 0.05) is 41.8 Å². The second-order valence-corrected chi connectivity index (χ2v) is 10.1.